The Morgan fingerprint density at radius 1 is 1.27 bits per heavy atom. The summed E-state index contributed by atoms with van der Waals surface area (Å²) in [4.78, 5) is 36.5. The molecule has 2 rings (SSSR count). The third-order valence-electron chi connectivity index (χ3n) is 4.03. The number of likely N-dealkylation sites (tertiary alicyclic amines) is 1. The molecule has 22 heavy (non-hydrogen) atoms. The third kappa shape index (κ3) is 3.44. The van der Waals surface area contributed by atoms with Crippen molar-refractivity contribution in [3.05, 3.63) is 34.9 Å². The molecule has 1 aliphatic rings. The van der Waals surface area contributed by atoms with E-state index in [1.807, 2.05) is 19.9 Å². The number of benzene rings is 1. The van der Waals surface area contributed by atoms with E-state index in [1.165, 1.54) is 4.90 Å². The van der Waals surface area contributed by atoms with Gasteiger partial charge in [0.05, 0.1) is 6.54 Å². The van der Waals surface area contributed by atoms with Crippen LogP contribution in [0.4, 0.5) is 0 Å². The lowest BCUT2D eigenvalue weighted by atomic mass is 10.1. The zero-order chi connectivity index (χ0) is 16.3. The summed E-state index contributed by atoms with van der Waals surface area (Å²) in [6.07, 6.45) is 1.14. The molecule has 0 unspecified atom stereocenters. The Bertz CT molecular complexity index is 612. The zero-order valence-electron chi connectivity index (χ0n) is 12.8. The smallest absolute Gasteiger partial charge is 0.326 e. The normalized spacial score (nSPS) is 17.4. The summed E-state index contributed by atoms with van der Waals surface area (Å²) in [6.45, 7) is 4.11. The maximum Gasteiger partial charge on any atom is 0.326 e. The van der Waals surface area contributed by atoms with Gasteiger partial charge in [0.15, 0.2) is 0 Å². The van der Waals surface area contributed by atoms with Crippen LogP contribution in [-0.4, -0.2) is 46.9 Å². The first-order valence-corrected chi connectivity index (χ1v) is 7.28. The number of aryl methyl sites for hydroxylation is 2. The lowest BCUT2D eigenvalue weighted by molar-refractivity contribution is -0.147. The van der Waals surface area contributed by atoms with Gasteiger partial charge < -0.3 is 15.3 Å². The molecule has 0 saturated carbocycles. The van der Waals surface area contributed by atoms with E-state index >= 15 is 0 Å². The van der Waals surface area contributed by atoms with Crippen molar-refractivity contribution in [3.63, 3.8) is 0 Å². The molecule has 0 bridgehead atoms. The molecule has 1 aromatic rings. The first kappa shape index (κ1) is 16.0. The molecule has 1 atom stereocenters. The van der Waals surface area contributed by atoms with Crippen molar-refractivity contribution in [2.24, 2.45) is 0 Å². The molecule has 0 aliphatic carbocycles. The van der Waals surface area contributed by atoms with E-state index in [0.717, 1.165) is 11.1 Å². The first-order chi connectivity index (χ1) is 10.4. The molecule has 0 radical (unpaired) electrons. The Balaban J connectivity index is 1.94. The van der Waals surface area contributed by atoms with Crippen LogP contribution in [0.1, 0.15) is 34.3 Å². The molecule has 2 N–H and O–H groups in total. The van der Waals surface area contributed by atoms with Crippen LogP contribution in [0.5, 0.6) is 0 Å². The van der Waals surface area contributed by atoms with Crippen molar-refractivity contribution in [2.45, 2.75) is 32.7 Å². The lowest BCUT2D eigenvalue weighted by Gasteiger charge is -2.21. The van der Waals surface area contributed by atoms with Gasteiger partial charge >= 0.3 is 5.97 Å². The number of hydrogen-bond donors (Lipinski definition) is 2. The van der Waals surface area contributed by atoms with Crippen molar-refractivity contribution in [3.8, 4) is 0 Å². The first-order valence-electron chi connectivity index (χ1n) is 7.28. The van der Waals surface area contributed by atoms with Gasteiger partial charge in [0.2, 0.25) is 5.91 Å². The van der Waals surface area contributed by atoms with E-state index in [0.29, 0.717) is 24.9 Å². The van der Waals surface area contributed by atoms with Crippen LogP contribution in [-0.2, 0) is 9.59 Å². The van der Waals surface area contributed by atoms with Gasteiger partial charge in [-0.1, -0.05) is 6.07 Å². The predicted molar refractivity (Wildman–Crippen MR) is 80.6 cm³/mol. The average molecular weight is 304 g/mol. The summed E-state index contributed by atoms with van der Waals surface area (Å²) in [7, 11) is 0. The van der Waals surface area contributed by atoms with Crippen LogP contribution in [0.2, 0.25) is 0 Å². The summed E-state index contributed by atoms with van der Waals surface area (Å²) < 4.78 is 0. The van der Waals surface area contributed by atoms with Crippen molar-refractivity contribution < 1.29 is 19.5 Å². The van der Waals surface area contributed by atoms with E-state index in [4.69, 9.17) is 5.11 Å². The van der Waals surface area contributed by atoms with E-state index in [-0.39, 0.29) is 18.4 Å². The monoisotopic (exact) mass is 304 g/mol. The second-order valence-corrected chi connectivity index (χ2v) is 5.57. The fourth-order valence-corrected chi connectivity index (χ4v) is 2.56. The van der Waals surface area contributed by atoms with E-state index in [9.17, 15) is 14.4 Å². The molecule has 6 heteroatoms. The maximum atomic E-state index is 12.1. The van der Waals surface area contributed by atoms with Crippen LogP contribution < -0.4 is 5.32 Å². The standard InChI is InChI=1S/C16H20N2O4/c1-10-5-6-12(8-11(10)2)15(20)17-9-14(19)18-7-3-4-13(18)16(21)22/h5-6,8,13H,3-4,7,9H2,1-2H3,(H,17,20)(H,21,22)/t13-/m1/s1. The Morgan fingerprint density at radius 3 is 2.64 bits per heavy atom. The van der Waals surface area contributed by atoms with Crippen molar-refractivity contribution in [1.82, 2.24) is 10.2 Å². The topological polar surface area (TPSA) is 86.7 Å². The van der Waals surface area contributed by atoms with Crippen molar-refractivity contribution in [2.75, 3.05) is 13.1 Å². The summed E-state index contributed by atoms with van der Waals surface area (Å²) in [6, 6.07) is 4.56. The summed E-state index contributed by atoms with van der Waals surface area (Å²) in [5, 5.41) is 11.6. The highest BCUT2D eigenvalue weighted by Gasteiger charge is 2.33. The zero-order valence-corrected chi connectivity index (χ0v) is 12.8. The Labute approximate surface area is 129 Å². The Morgan fingerprint density at radius 2 is 2.00 bits per heavy atom. The number of carbonyl (C=O) groups excluding carboxylic acids is 2. The number of nitrogens with zero attached hydrogens (tertiary/aromatic N) is 1. The van der Waals surface area contributed by atoms with Crippen LogP contribution in [0.15, 0.2) is 18.2 Å². The fourth-order valence-electron chi connectivity index (χ4n) is 2.56. The van der Waals surface area contributed by atoms with Gasteiger partial charge in [-0.05, 0) is 49.9 Å². The van der Waals surface area contributed by atoms with Crippen molar-refractivity contribution >= 4 is 17.8 Å². The molecule has 2 amide bonds. The molecular formula is C16H20N2O4. The quantitative estimate of drug-likeness (QED) is 0.872. The fraction of sp³-hybridized carbons (Fsp3) is 0.438. The average Bonchev–Trinajstić information content (AvgIpc) is 2.97. The lowest BCUT2D eigenvalue weighted by Crippen LogP contribution is -2.45. The largest absolute Gasteiger partial charge is 0.480 e. The number of rotatable bonds is 4. The number of nitrogens with one attached hydrogen (secondary N) is 1. The van der Waals surface area contributed by atoms with Crippen LogP contribution in [0.25, 0.3) is 0 Å². The number of hydrogen-bond acceptors (Lipinski definition) is 3. The molecule has 0 aromatic heterocycles. The van der Waals surface area contributed by atoms with E-state index in [2.05, 4.69) is 5.32 Å². The minimum absolute atomic E-state index is 0.185. The molecule has 1 aromatic carbocycles. The van der Waals surface area contributed by atoms with Gasteiger partial charge in [0.1, 0.15) is 6.04 Å². The van der Waals surface area contributed by atoms with Crippen LogP contribution in [0.3, 0.4) is 0 Å². The number of carbonyl (C=O) groups is 3. The molecule has 118 valence electrons. The van der Waals surface area contributed by atoms with Gasteiger partial charge in [-0.3, -0.25) is 9.59 Å². The minimum Gasteiger partial charge on any atom is -0.480 e. The molecule has 0 spiro atoms. The maximum absolute atomic E-state index is 12.1. The van der Waals surface area contributed by atoms with Crippen LogP contribution >= 0.6 is 0 Å². The molecule has 1 heterocycles. The van der Waals surface area contributed by atoms with Gasteiger partial charge in [-0.15, -0.1) is 0 Å². The van der Waals surface area contributed by atoms with Crippen molar-refractivity contribution in [1.29, 1.82) is 0 Å². The Kier molecular flexibility index (Phi) is 4.80. The molecule has 1 fully saturated rings. The second kappa shape index (κ2) is 6.60. The van der Waals surface area contributed by atoms with Gasteiger partial charge in [-0.25, -0.2) is 4.79 Å². The third-order valence-corrected chi connectivity index (χ3v) is 4.03. The SMILES string of the molecule is Cc1ccc(C(=O)NCC(=O)N2CCC[C@@H]2C(=O)O)cc1C. The Hall–Kier alpha value is -2.37. The summed E-state index contributed by atoms with van der Waals surface area (Å²) >= 11 is 0. The number of carboxylic acid groups (broad SMARTS) is 1. The van der Waals surface area contributed by atoms with Crippen LogP contribution in [0, 0.1) is 13.8 Å². The highest BCUT2D eigenvalue weighted by molar-refractivity contribution is 5.97. The molecular weight excluding hydrogens is 284 g/mol. The van der Waals surface area contributed by atoms with Gasteiger partial charge in [0, 0.05) is 12.1 Å². The predicted octanol–water partition coefficient (Wildman–Crippen LogP) is 1.11. The number of amides is 2. The van der Waals surface area contributed by atoms with Gasteiger partial charge in [0.25, 0.3) is 5.91 Å². The highest BCUT2D eigenvalue weighted by atomic mass is 16.4. The number of carboxylic acids is 1. The molecule has 6 nitrogen and oxygen atoms in total. The van der Waals surface area contributed by atoms with E-state index < -0.39 is 12.0 Å². The van der Waals surface area contributed by atoms with Gasteiger partial charge in [-0.2, -0.15) is 0 Å². The second-order valence-electron chi connectivity index (χ2n) is 5.57. The number of aliphatic carboxylic acids is 1. The summed E-state index contributed by atoms with van der Waals surface area (Å²) in [5.74, 6) is -1.68. The minimum atomic E-state index is -0.994. The highest BCUT2D eigenvalue weighted by Crippen LogP contribution is 2.17. The molecule has 1 aliphatic heterocycles. The molecule has 1 saturated heterocycles. The van der Waals surface area contributed by atoms with E-state index in [1.54, 1.807) is 12.1 Å². The summed E-state index contributed by atoms with van der Waals surface area (Å²) in [5.41, 5.74) is 2.59.